The predicted molar refractivity (Wildman–Crippen MR) is 23.0 cm³/mol. The Bertz CT molecular complexity index is 23.6. The Hall–Kier alpha value is 0.850. The highest BCUT2D eigenvalue weighted by molar-refractivity contribution is 8.12. The first-order chi connectivity index (χ1) is 2.27. The average molecular weight is 134 g/mol. The smallest absolute Gasteiger partial charge is 0.201 e. The molecule has 0 amide bonds. The molecule has 0 radical (unpaired) electrons. The molecule has 0 aromatic rings. The third kappa shape index (κ3) is 4.85. The highest BCUT2D eigenvalue weighted by Gasteiger charge is 1.89. The molecule has 0 aliphatic carbocycles. The van der Waals surface area contributed by atoms with Crippen molar-refractivity contribution in [1.82, 2.24) is 4.24 Å². The van der Waals surface area contributed by atoms with Gasteiger partial charge in [-0.25, -0.2) is 0 Å². The SMILES string of the molecule is [O-][S+](Cl)NCl. The zero-order valence-corrected chi connectivity index (χ0v) is 4.40. The third-order valence-corrected chi connectivity index (χ3v) is 1.07. The van der Waals surface area contributed by atoms with Gasteiger partial charge in [-0.05, 0) is 4.24 Å². The lowest BCUT2D eigenvalue weighted by Crippen LogP contribution is -2.02. The van der Waals surface area contributed by atoms with Gasteiger partial charge in [-0.3, -0.25) is 0 Å². The number of nitrogens with one attached hydrogen (secondary N) is 1. The summed E-state index contributed by atoms with van der Waals surface area (Å²) in [4.78, 5) is 0. The lowest BCUT2D eigenvalue weighted by atomic mass is 13.9. The molecule has 1 N–H and O–H groups in total. The van der Waals surface area contributed by atoms with Crippen LogP contribution < -0.4 is 4.24 Å². The topological polar surface area (TPSA) is 35.1 Å². The number of rotatable bonds is 1. The van der Waals surface area contributed by atoms with Gasteiger partial charge in [0.15, 0.2) is 10.6 Å². The van der Waals surface area contributed by atoms with Crippen LogP contribution in [0.5, 0.6) is 0 Å². The van der Waals surface area contributed by atoms with E-state index in [9.17, 15) is 4.55 Å². The minimum absolute atomic E-state index is 1.58. The quantitative estimate of drug-likeness (QED) is 0.419. The second kappa shape index (κ2) is 3.06. The maximum Gasteiger partial charge on any atom is 0.201 e. The number of halogens is 2. The number of hydrogen-bond donors (Lipinski definition) is 1. The molecule has 1 atom stereocenters. The Morgan fingerprint density at radius 3 is 2.00 bits per heavy atom. The fourth-order valence-corrected chi connectivity index (χ4v) is 0. The maximum absolute atomic E-state index is 9.45. The minimum Gasteiger partial charge on any atom is -0.579 e. The molecule has 5 heteroatoms. The Labute approximate surface area is 42.4 Å². The van der Waals surface area contributed by atoms with Gasteiger partial charge >= 0.3 is 0 Å². The summed E-state index contributed by atoms with van der Waals surface area (Å²) in [5.41, 5.74) is 0. The summed E-state index contributed by atoms with van der Waals surface area (Å²) in [5.74, 6) is 0. The zero-order chi connectivity index (χ0) is 4.28. The molecular formula is HCl2NOS. The van der Waals surface area contributed by atoms with E-state index in [0.29, 0.717) is 0 Å². The van der Waals surface area contributed by atoms with E-state index in [-0.39, 0.29) is 0 Å². The molecule has 2 nitrogen and oxygen atoms in total. The first-order valence-electron chi connectivity index (χ1n) is 0.714. The van der Waals surface area contributed by atoms with Gasteiger partial charge in [-0.1, -0.05) is 0 Å². The molecule has 0 rings (SSSR count). The second-order valence-electron chi connectivity index (χ2n) is 0.301. The molecule has 5 heavy (non-hydrogen) atoms. The molecular weight excluding hydrogens is 133 g/mol. The van der Waals surface area contributed by atoms with Crippen LogP contribution in [0.25, 0.3) is 0 Å². The average Bonchev–Trinajstić information content (AvgIpc) is 1.38. The van der Waals surface area contributed by atoms with Crippen molar-refractivity contribution in [2.45, 2.75) is 0 Å². The van der Waals surface area contributed by atoms with Gasteiger partial charge in [-0.15, -0.1) is 0 Å². The highest BCUT2D eigenvalue weighted by atomic mass is 35.7. The van der Waals surface area contributed by atoms with E-state index < -0.39 is 10.6 Å². The van der Waals surface area contributed by atoms with Crippen molar-refractivity contribution < 1.29 is 4.55 Å². The Morgan fingerprint density at radius 1 is 1.80 bits per heavy atom. The van der Waals surface area contributed by atoms with Gasteiger partial charge in [0.25, 0.3) is 0 Å². The summed E-state index contributed by atoms with van der Waals surface area (Å²) in [6, 6.07) is 0. The minimum atomic E-state index is -1.58. The zero-order valence-electron chi connectivity index (χ0n) is 2.07. The van der Waals surface area contributed by atoms with E-state index in [0.717, 1.165) is 0 Å². The molecule has 0 saturated carbocycles. The molecule has 1 unspecified atom stereocenters. The molecule has 0 heterocycles. The molecule has 0 fully saturated rings. The van der Waals surface area contributed by atoms with Crippen LogP contribution in [0.15, 0.2) is 0 Å². The van der Waals surface area contributed by atoms with Crippen LogP contribution in [0.3, 0.4) is 0 Å². The van der Waals surface area contributed by atoms with Crippen LogP contribution in [0.4, 0.5) is 0 Å². The normalized spacial score (nSPS) is 15.0. The summed E-state index contributed by atoms with van der Waals surface area (Å²) >= 11 is 4.65. The third-order valence-electron chi connectivity index (χ3n) is 0.0607. The first-order valence-corrected chi connectivity index (χ1v) is 3.07. The van der Waals surface area contributed by atoms with Crippen molar-refractivity contribution in [2.75, 3.05) is 0 Å². The monoisotopic (exact) mass is 133 g/mol. The molecule has 32 valence electrons. The van der Waals surface area contributed by atoms with Crippen LogP contribution in [0.2, 0.25) is 0 Å². The highest BCUT2D eigenvalue weighted by Crippen LogP contribution is 1.87. The Morgan fingerprint density at radius 2 is 2.00 bits per heavy atom. The fourth-order valence-electron chi connectivity index (χ4n) is 0. The summed E-state index contributed by atoms with van der Waals surface area (Å²) in [5, 5.41) is 0. The lowest BCUT2D eigenvalue weighted by Gasteiger charge is -1.86. The predicted octanol–water partition coefficient (Wildman–Crippen LogP) is 0.547. The molecule has 0 bridgehead atoms. The van der Waals surface area contributed by atoms with Gasteiger partial charge in [0.05, 0.1) is 0 Å². The van der Waals surface area contributed by atoms with Gasteiger partial charge < -0.3 is 4.55 Å². The van der Waals surface area contributed by atoms with Crippen LogP contribution in [-0.2, 0) is 10.6 Å². The van der Waals surface area contributed by atoms with Crippen LogP contribution >= 0.6 is 22.5 Å². The van der Waals surface area contributed by atoms with Gasteiger partial charge in [-0.2, -0.15) is 0 Å². The molecule has 0 aromatic heterocycles. The molecule has 0 saturated heterocycles. The largest absolute Gasteiger partial charge is 0.579 e. The van der Waals surface area contributed by atoms with E-state index in [1.165, 1.54) is 0 Å². The van der Waals surface area contributed by atoms with Crippen molar-refractivity contribution in [1.29, 1.82) is 0 Å². The van der Waals surface area contributed by atoms with Crippen LogP contribution in [-0.4, -0.2) is 4.55 Å². The van der Waals surface area contributed by atoms with Crippen LogP contribution in [0.1, 0.15) is 0 Å². The molecule has 0 aromatic carbocycles. The number of hydrogen-bond acceptors (Lipinski definition) is 2. The van der Waals surface area contributed by atoms with E-state index in [1.54, 1.807) is 4.24 Å². The second-order valence-corrected chi connectivity index (χ2v) is 2.21. The van der Waals surface area contributed by atoms with Crippen molar-refractivity contribution in [3.63, 3.8) is 0 Å². The summed E-state index contributed by atoms with van der Waals surface area (Å²) < 4.78 is 11.2. The van der Waals surface area contributed by atoms with Crippen molar-refractivity contribution in [3.05, 3.63) is 0 Å². The standard InChI is InChI=1S/Cl2HNOS/c1-3-5(2)4/h3H. The summed E-state index contributed by atoms with van der Waals surface area (Å²) in [7, 11) is 3.11. The van der Waals surface area contributed by atoms with Crippen molar-refractivity contribution in [2.24, 2.45) is 0 Å². The fraction of sp³-hybridized carbons (Fsp3) is 0. The van der Waals surface area contributed by atoms with Crippen LogP contribution in [0, 0.1) is 0 Å². The van der Waals surface area contributed by atoms with Crippen molar-refractivity contribution in [3.8, 4) is 0 Å². The molecule has 0 spiro atoms. The first kappa shape index (κ1) is 5.85. The van der Waals surface area contributed by atoms with E-state index in [1.807, 2.05) is 0 Å². The molecule has 0 aliphatic heterocycles. The Kier molecular flexibility index (Phi) is 3.58. The summed E-state index contributed by atoms with van der Waals surface area (Å²) in [6.45, 7) is 0. The summed E-state index contributed by atoms with van der Waals surface area (Å²) in [6.07, 6.45) is 0. The van der Waals surface area contributed by atoms with Gasteiger partial charge in [0, 0.05) is 11.8 Å². The molecule has 0 aliphatic rings. The Balaban J connectivity index is 2.54. The lowest BCUT2D eigenvalue weighted by molar-refractivity contribution is 0.606. The van der Waals surface area contributed by atoms with Crippen molar-refractivity contribution >= 4 is 33.0 Å². The van der Waals surface area contributed by atoms with E-state index in [2.05, 4.69) is 11.8 Å². The van der Waals surface area contributed by atoms with E-state index >= 15 is 0 Å². The maximum atomic E-state index is 9.45. The van der Waals surface area contributed by atoms with Gasteiger partial charge in [0.1, 0.15) is 0 Å². The van der Waals surface area contributed by atoms with E-state index in [4.69, 9.17) is 10.7 Å². The van der Waals surface area contributed by atoms with Gasteiger partial charge in [0.2, 0.25) is 10.7 Å².